The average molecular weight is 438 g/mol. The van der Waals surface area contributed by atoms with Crippen molar-refractivity contribution in [2.75, 3.05) is 0 Å². The number of rotatable bonds is 2. The highest BCUT2D eigenvalue weighted by atomic mass is 79.9. The molecule has 2 aromatic rings. The number of fused-ring (bicyclic) bond motifs is 2. The number of nitrogens with zero attached hydrogens (tertiary/aromatic N) is 3. The van der Waals surface area contributed by atoms with Crippen LogP contribution in [0.5, 0.6) is 0 Å². The number of halogens is 5. The van der Waals surface area contributed by atoms with Gasteiger partial charge >= 0.3 is 6.18 Å². The maximum absolute atomic E-state index is 15.1. The second-order valence-electron chi connectivity index (χ2n) is 6.05. The summed E-state index contributed by atoms with van der Waals surface area (Å²) in [6.45, 7) is 1.83. The molecule has 0 radical (unpaired) electrons. The minimum atomic E-state index is -4.53. The van der Waals surface area contributed by atoms with Crippen LogP contribution in [0.25, 0.3) is 33.7 Å². The van der Waals surface area contributed by atoms with Gasteiger partial charge in [0.2, 0.25) is 0 Å². The molecule has 0 bridgehead atoms. The molecule has 27 heavy (non-hydrogen) atoms. The molecule has 3 heterocycles. The zero-order valence-electron chi connectivity index (χ0n) is 14.0. The molecule has 138 valence electrons. The Morgan fingerprint density at radius 3 is 2.48 bits per heavy atom. The number of alkyl halides is 3. The smallest absolute Gasteiger partial charge is 0.343 e. The van der Waals surface area contributed by atoms with Crippen LogP contribution in [0.15, 0.2) is 47.1 Å². The first kappa shape index (κ1) is 17.9. The molecule has 4 rings (SSSR count). The van der Waals surface area contributed by atoms with E-state index in [1.165, 1.54) is 4.57 Å². The summed E-state index contributed by atoms with van der Waals surface area (Å²) in [5.74, 6) is -0.678. The molecule has 2 aliphatic heterocycles. The second kappa shape index (κ2) is 6.30. The van der Waals surface area contributed by atoms with E-state index in [2.05, 4.69) is 25.9 Å². The summed E-state index contributed by atoms with van der Waals surface area (Å²) in [7, 11) is 0. The van der Waals surface area contributed by atoms with Crippen LogP contribution < -0.4 is 0 Å². The van der Waals surface area contributed by atoms with E-state index in [9.17, 15) is 13.2 Å². The van der Waals surface area contributed by atoms with E-state index in [-0.39, 0.29) is 29.3 Å². The van der Waals surface area contributed by atoms with Crippen molar-refractivity contribution >= 4 is 26.8 Å². The minimum Gasteiger partial charge on any atom is -0.343 e. The Morgan fingerprint density at radius 1 is 1.04 bits per heavy atom. The average Bonchev–Trinajstić information content (AvgIpc) is 2.96. The van der Waals surface area contributed by atoms with Gasteiger partial charge in [0.25, 0.3) is 0 Å². The number of hydrogen-bond acceptors (Lipinski definition) is 2. The summed E-state index contributed by atoms with van der Waals surface area (Å²) in [5, 5.41) is 0.862. The lowest BCUT2D eigenvalue weighted by molar-refractivity contribution is -0.138. The highest BCUT2D eigenvalue weighted by molar-refractivity contribution is 9.10. The van der Waals surface area contributed by atoms with E-state index < -0.39 is 17.6 Å². The number of hydrogen-bond donors (Lipinski definition) is 0. The summed E-state index contributed by atoms with van der Waals surface area (Å²) < 4.78 is 56.5. The van der Waals surface area contributed by atoms with Gasteiger partial charge in [0, 0.05) is 22.6 Å². The van der Waals surface area contributed by atoms with Gasteiger partial charge in [0.1, 0.15) is 11.4 Å². The fourth-order valence-electron chi connectivity index (χ4n) is 3.03. The Bertz CT molecular complexity index is 1130. The SMILES string of the molecule is CCn1cc(C(F)(F)F)cc2nc(-c3ccc4ccc(Br)cc4n3)c(F)c1-2. The molecule has 0 unspecified atom stereocenters. The Morgan fingerprint density at radius 2 is 1.78 bits per heavy atom. The molecule has 0 saturated heterocycles. The zero-order valence-corrected chi connectivity index (χ0v) is 15.6. The molecule has 3 nitrogen and oxygen atoms in total. The first-order valence-corrected chi connectivity index (χ1v) is 8.90. The number of aryl methyl sites for hydroxylation is 1. The normalized spacial score (nSPS) is 12.2. The van der Waals surface area contributed by atoms with Gasteiger partial charge in [0.05, 0.1) is 22.5 Å². The van der Waals surface area contributed by atoms with E-state index in [1.54, 1.807) is 25.1 Å². The van der Waals surface area contributed by atoms with Crippen LogP contribution in [0, 0.1) is 5.82 Å². The Balaban J connectivity index is 1.95. The van der Waals surface area contributed by atoms with Crippen molar-refractivity contribution in [3.05, 3.63) is 58.4 Å². The van der Waals surface area contributed by atoms with Crippen LogP contribution in [0.4, 0.5) is 17.6 Å². The van der Waals surface area contributed by atoms with Crippen LogP contribution in [-0.2, 0) is 12.7 Å². The Hall–Kier alpha value is -2.48. The molecule has 0 atom stereocenters. The van der Waals surface area contributed by atoms with Crippen molar-refractivity contribution in [1.29, 1.82) is 0 Å². The number of benzene rings is 1. The maximum Gasteiger partial charge on any atom is 0.417 e. The van der Waals surface area contributed by atoms with Crippen LogP contribution in [0.2, 0.25) is 0 Å². The number of pyridine rings is 2. The summed E-state index contributed by atoms with van der Waals surface area (Å²) in [4.78, 5) is 8.55. The van der Waals surface area contributed by atoms with Gasteiger partial charge in [-0.25, -0.2) is 14.4 Å². The predicted octanol–water partition coefficient (Wildman–Crippen LogP) is 6.14. The molecular weight excluding hydrogens is 426 g/mol. The van der Waals surface area contributed by atoms with Gasteiger partial charge in [0.15, 0.2) is 5.82 Å². The van der Waals surface area contributed by atoms with Gasteiger partial charge in [-0.15, -0.1) is 0 Å². The first-order chi connectivity index (χ1) is 12.8. The van der Waals surface area contributed by atoms with Crippen molar-refractivity contribution in [2.24, 2.45) is 0 Å². The van der Waals surface area contributed by atoms with E-state index >= 15 is 4.39 Å². The monoisotopic (exact) mass is 437 g/mol. The molecule has 2 aliphatic rings. The molecule has 0 spiro atoms. The van der Waals surface area contributed by atoms with Crippen LogP contribution in [0.1, 0.15) is 12.5 Å². The quantitative estimate of drug-likeness (QED) is 0.352. The molecular formula is C19H12BrF4N3. The van der Waals surface area contributed by atoms with Gasteiger partial charge in [-0.05, 0) is 31.2 Å². The van der Waals surface area contributed by atoms with Gasteiger partial charge < -0.3 is 4.57 Å². The van der Waals surface area contributed by atoms with Crippen molar-refractivity contribution < 1.29 is 17.6 Å². The largest absolute Gasteiger partial charge is 0.417 e. The van der Waals surface area contributed by atoms with E-state index in [1.807, 2.05) is 12.1 Å². The lowest BCUT2D eigenvalue weighted by Crippen LogP contribution is -2.11. The van der Waals surface area contributed by atoms with Crippen molar-refractivity contribution in [1.82, 2.24) is 14.5 Å². The predicted molar refractivity (Wildman–Crippen MR) is 97.9 cm³/mol. The lowest BCUT2D eigenvalue weighted by Gasteiger charge is -2.14. The minimum absolute atomic E-state index is 0.0386. The maximum atomic E-state index is 15.1. The first-order valence-electron chi connectivity index (χ1n) is 8.11. The van der Waals surface area contributed by atoms with Crippen molar-refractivity contribution in [3.8, 4) is 22.8 Å². The Kier molecular flexibility index (Phi) is 4.18. The molecule has 0 amide bonds. The highest BCUT2D eigenvalue weighted by Gasteiger charge is 2.34. The number of aromatic nitrogens is 3. The lowest BCUT2D eigenvalue weighted by atomic mass is 10.1. The van der Waals surface area contributed by atoms with Crippen LogP contribution in [-0.4, -0.2) is 14.5 Å². The van der Waals surface area contributed by atoms with Crippen LogP contribution >= 0.6 is 15.9 Å². The third-order valence-corrected chi connectivity index (χ3v) is 4.82. The van der Waals surface area contributed by atoms with Crippen molar-refractivity contribution in [3.63, 3.8) is 0 Å². The second-order valence-corrected chi connectivity index (χ2v) is 6.97. The molecule has 1 aromatic heterocycles. The van der Waals surface area contributed by atoms with E-state index in [0.29, 0.717) is 5.52 Å². The summed E-state index contributed by atoms with van der Waals surface area (Å²) in [6, 6.07) is 9.77. The van der Waals surface area contributed by atoms with E-state index in [4.69, 9.17) is 0 Å². The molecule has 0 saturated carbocycles. The van der Waals surface area contributed by atoms with Crippen molar-refractivity contribution in [2.45, 2.75) is 19.6 Å². The third-order valence-electron chi connectivity index (χ3n) is 4.33. The van der Waals surface area contributed by atoms with E-state index in [0.717, 1.165) is 22.1 Å². The fourth-order valence-corrected chi connectivity index (χ4v) is 3.38. The molecule has 8 heteroatoms. The third kappa shape index (κ3) is 3.07. The zero-order chi connectivity index (χ0) is 19.3. The van der Waals surface area contributed by atoms with Gasteiger partial charge in [-0.2, -0.15) is 13.2 Å². The Labute approximate surface area is 160 Å². The molecule has 0 aliphatic carbocycles. The summed E-state index contributed by atoms with van der Waals surface area (Å²) in [6.07, 6.45) is -3.63. The highest BCUT2D eigenvalue weighted by Crippen LogP contribution is 2.38. The fraction of sp³-hybridized carbons (Fsp3) is 0.158. The summed E-state index contributed by atoms with van der Waals surface area (Å²) >= 11 is 3.36. The van der Waals surface area contributed by atoms with Crippen LogP contribution in [0.3, 0.4) is 0 Å². The van der Waals surface area contributed by atoms with Gasteiger partial charge in [-0.3, -0.25) is 0 Å². The summed E-state index contributed by atoms with van der Waals surface area (Å²) in [5.41, 5.74) is -0.0325. The standard InChI is InChI=1S/C19H12BrF4N3/c1-2-27-9-11(19(22,23)24)7-15-18(27)16(21)17(26-15)13-6-4-10-3-5-12(20)8-14(10)25-13/h3-9H,2H2,1H3. The molecule has 1 aromatic carbocycles. The topological polar surface area (TPSA) is 30.7 Å². The molecule has 0 fully saturated rings. The van der Waals surface area contributed by atoms with Gasteiger partial charge in [-0.1, -0.05) is 28.1 Å². The molecule has 0 N–H and O–H groups in total.